The molecule has 1 aromatic rings. The molecule has 0 bridgehead atoms. The molecule has 0 saturated heterocycles. The lowest BCUT2D eigenvalue weighted by Crippen LogP contribution is -2.04. The van der Waals surface area contributed by atoms with Crippen molar-refractivity contribution < 1.29 is 4.74 Å². The number of rotatable bonds is 6. The van der Waals surface area contributed by atoms with E-state index in [4.69, 9.17) is 16.3 Å². The van der Waals surface area contributed by atoms with Gasteiger partial charge in [0.1, 0.15) is 5.75 Å². The number of hydrogen-bond donors (Lipinski definition) is 0. The van der Waals surface area contributed by atoms with Crippen molar-refractivity contribution in [2.75, 3.05) is 11.9 Å². The quantitative estimate of drug-likeness (QED) is 0.741. The molecule has 1 heterocycles. The highest BCUT2D eigenvalue weighted by molar-refractivity contribution is 9.09. The lowest BCUT2D eigenvalue weighted by atomic mass is 10.1. The van der Waals surface area contributed by atoms with Gasteiger partial charge >= 0.3 is 0 Å². The smallest absolute Gasteiger partial charge is 0.139 e. The average molecular weight is 293 g/mol. The zero-order chi connectivity index (χ0) is 11.1. The van der Waals surface area contributed by atoms with Crippen molar-refractivity contribution in [1.82, 2.24) is 4.98 Å². The molecule has 0 radical (unpaired) electrons. The first kappa shape index (κ1) is 12.8. The van der Waals surface area contributed by atoms with Crippen molar-refractivity contribution >= 4 is 27.5 Å². The SMILES string of the molecule is CC(CCBr)CCOc1cncc(Cl)c1. The van der Waals surface area contributed by atoms with E-state index in [0.717, 1.165) is 24.1 Å². The van der Waals surface area contributed by atoms with Gasteiger partial charge in [0.2, 0.25) is 0 Å². The molecule has 0 aliphatic carbocycles. The lowest BCUT2D eigenvalue weighted by molar-refractivity contribution is 0.281. The van der Waals surface area contributed by atoms with Crippen LogP contribution < -0.4 is 4.74 Å². The Bertz CT molecular complexity index is 296. The van der Waals surface area contributed by atoms with Gasteiger partial charge in [-0.3, -0.25) is 4.98 Å². The van der Waals surface area contributed by atoms with Gasteiger partial charge in [0.05, 0.1) is 17.8 Å². The van der Waals surface area contributed by atoms with Crippen LogP contribution in [0.1, 0.15) is 19.8 Å². The highest BCUT2D eigenvalue weighted by Crippen LogP contribution is 2.16. The second kappa shape index (κ2) is 7.07. The van der Waals surface area contributed by atoms with Crippen molar-refractivity contribution in [1.29, 1.82) is 0 Å². The van der Waals surface area contributed by atoms with Crippen LogP contribution in [0.3, 0.4) is 0 Å². The Labute approximate surface area is 104 Å². The molecule has 0 aliphatic heterocycles. The minimum absolute atomic E-state index is 0.612. The van der Waals surface area contributed by atoms with E-state index in [2.05, 4.69) is 27.8 Å². The topological polar surface area (TPSA) is 22.1 Å². The normalized spacial score (nSPS) is 12.5. The molecular weight excluding hydrogens is 277 g/mol. The summed E-state index contributed by atoms with van der Waals surface area (Å²) in [6.45, 7) is 2.94. The predicted octanol–water partition coefficient (Wildman–Crippen LogP) is 3.93. The number of hydrogen-bond acceptors (Lipinski definition) is 2. The summed E-state index contributed by atoms with van der Waals surface area (Å²) in [5.74, 6) is 1.42. The van der Waals surface area contributed by atoms with Gasteiger partial charge in [-0.1, -0.05) is 34.5 Å². The highest BCUT2D eigenvalue weighted by atomic mass is 79.9. The maximum atomic E-state index is 5.79. The summed E-state index contributed by atoms with van der Waals surface area (Å²) in [4.78, 5) is 3.95. The molecular formula is C11H15BrClNO. The summed E-state index contributed by atoms with van der Waals surface area (Å²) in [7, 11) is 0. The lowest BCUT2D eigenvalue weighted by Gasteiger charge is -2.10. The first-order valence-electron chi connectivity index (χ1n) is 5.01. The predicted molar refractivity (Wildman–Crippen MR) is 66.9 cm³/mol. The maximum absolute atomic E-state index is 5.79. The molecule has 15 heavy (non-hydrogen) atoms. The number of ether oxygens (including phenoxy) is 1. The summed E-state index contributed by atoms with van der Waals surface area (Å²) in [6, 6.07) is 1.78. The van der Waals surface area contributed by atoms with Gasteiger partial charge in [0.25, 0.3) is 0 Å². The fourth-order valence-corrected chi connectivity index (χ4v) is 2.13. The van der Waals surface area contributed by atoms with Crippen LogP contribution in [0, 0.1) is 5.92 Å². The molecule has 1 atom stereocenters. The number of halogens is 2. The van der Waals surface area contributed by atoms with E-state index < -0.39 is 0 Å². The number of nitrogens with zero attached hydrogens (tertiary/aromatic N) is 1. The minimum Gasteiger partial charge on any atom is -0.492 e. The third-order valence-corrected chi connectivity index (χ3v) is 2.83. The highest BCUT2D eigenvalue weighted by Gasteiger charge is 2.02. The molecule has 0 amide bonds. The molecule has 0 spiro atoms. The first-order chi connectivity index (χ1) is 7.22. The first-order valence-corrected chi connectivity index (χ1v) is 6.51. The van der Waals surface area contributed by atoms with Crippen LogP contribution in [0.15, 0.2) is 18.5 Å². The van der Waals surface area contributed by atoms with Crippen LogP contribution in [0.4, 0.5) is 0 Å². The van der Waals surface area contributed by atoms with Gasteiger partial charge in [-0.2, -0.15) is 0 Å². The Morgan fingerprint density at radius 1 is 1.47 bits per heavy atom. The van der Waals surface area contributed by atoms with Gasteiger partial charge in [0.15, 0.2) is 0 Å². The minimum atomic E-state index is 0.612. The summed E-state index contributed by atoms with van der Waals surface area (Å²) < 4.78 is 5.54. The molecule has 0 aromatic carbocycles. The maximum Gasteiger partial charge on any atom is 0.139 e. The van der Waals surface area contributed by atoms with E-state index >= 15 is 0 Å². The largest absolute Gasteiger partial charge is 0.492 e. The van der Waals surface area contributed by atoms with Crippen molar-refractivity contribution in [2.24, 2.45) is 5.92 Å². The Hall–Kier alpha value is -0.280. The number of alkyl halides is 1. The molecule has 1 aromatic heterocycles. The van der Waals surface area contributed by atoms with E-state index in [-0.39, 0.29) is 0 Å². The molecule has 1 rings (SSSR count). The summed E-state index contributed by atoms with van der Waals surface area (Å²) in [5.41, 5.74) is 0. The molecule has 0 saturated carbocycles. The standard InChI is InChI=1S/C11H15BrClNO/c1-9(2-4-12)3-5-15-11-6-10(13)7-14-8-11/h6-9H,2-5H2,1H3. The molecule has 1 unspecified atom stereocenters. The van der Waals surface area contributed by atoms with Crippen molar-refractivity contribution in [2.45, 2.75) is 19.8 Å². The molecule has 0 aliphatic rings. The summed E-state index contributed by atoms with van der Waals surface area (Å²) >= 11 is 9.22. The number of aromatic nitrogens is 1. The van der Waals surface area contributed by atoms with E-state index in [9.17, 15) is 0 Å². The van der Waals surface area contributed by atoms with Crippen LogP contribution in [-0.2, 0) is 0 Å². The molecule has 2 nitrogen and oxygen atoms in total. The van der Waals surface area contributed by atoms with E-state index in [1.807, 2.05) is 0 Å². The summed E-state index contributed by atoms with van der Waals surface area (Å²) in [6.07, 6.45) is 5.51. The van der Waals surface area contributed by atoms with Crippen LogP contribution >= 0.6 is 27.5 Å². The van der Waals surface area contributed by atoms with Crippen molar-refractivity contribution in [3.05, 3.63) is 23.5 Å². The van der Waals surface area contributed by atoms with E-state index in [0.29, 0.717) is 10.9 Å². The summed E-state index contributed by atoms with van der Waals surface area (Å²) in [5, 5.41) is 1.66. The molecule has 4 heteroatoms. The monoisotopic (exact) mass is 291 g/mol. The fraction of sp³-hybridized carbons (Fsp3) is 0.545. The number of pyridine rings is 1. The van der Waals surface area contributed by atoms with Crippen LogP contribution in [0.5, 0.6) is 5.75 Å². The Kier molecular flexibility index (Phi) is 6.03. The van der Waals surface area contributed by atoms with Crippen LogP contribution in [-0.4, -0.2) is 16.9 Å². The van der Waals surface area contributed by atoms with Crippen LogP contribution in [0.25, 0.3) is 0 Å². The Morgan fingerprint density at radius 2 is 2.27 bits per heavy atom. The van der Waals surface area contributed by atoms with Crippen molar-refractivity contribution in [3.8, 4) is 5.75 Å². The molecule has 84 valence electrons. The van der Waals surface area contributed by atoms with E-state index in [1.165, 1.54) is 6.42 Å². The van der Waals surface area contributed by atoms with Crippen molar-refractivity contribution in [3.63, 3.8) is 0 Å². The third kappa shape index (κ3) is 5.38. The Balaban J connectivity index is 2.25. The van der Waals surface area contributed by atoms with Gasteiger partial charge in [-0.25, -0.2) is 0 Å². The fourth-order valence-electron chi connectivity index (χ4n) is 1.18. The zero-order valence-corrected chi connectivity index (χ0v) is 11.1. The van der Waals surface area contributed by atoms with Gasteiger partial charge in [0, 0.05) is 17.6 Å². The zero-order valence-electron chi connectivity index (χ0n) is 8.75. The molecule has 0 fully saturated rings. The Morgan fingerprint density at radius 3 is 2.93 bits per heavy atom. The third-order valence-electron chi connectivity index (χ3n) is 2.16. The van der Waals surface area contributed by atoms with E-state index in [1.54, 1.807) is 18.5 Å². The van der Waals surface area contributed by atoms with Gasteiger partial charge in [-0.15, -0.1) is 0 Å². The van der Waals surface area contributed by atoms with Crippen LogP contribution in [0.2, 0.25) is 5.02 Å². The average Bonchev–Trinajstić information content (AvgIpc) is 2.18. The second-order valence-corrected chi connectivity index (χ2v) is 4.79. The van der Waals surface area contributed by atoms with Gasteiger partial charge < -0.3 is 4.74 Å². The molecule has 0 N–H and O–H groups in total. The second-order valence-electron chi connectivity index (χ2n) is 3.56. The van der Waals surface area contributed by atoms with Gasteiger partial charge in [-0.05, 0) is 18.8 Å².